The normalized spacial score (nSPS) is 14.4. The van der Waals surface area contributed by atoms with Crippen molar-refractivity contribution in [3.05, 3.63) is 42.1 Å². The van der Waals surface area contributed by atoms with Gasteiger partial charge >= 0.3 is 0 Å². The average Bonchev–Trinajstić information content (AvgIpc) is 2.43. The zero-order valence-electron chi connectivity index (χ0n) is 11.3. The fourth-order valence-corrected chi connectivity index (χ4v) is 2.50. The predicted molar refractivity (Wildman–Crippen MR) is 80.1 cm³/mol. The van der Waals surface area contributed by atoms with Gasteiger partial charge in [0.05, 0.1) is 17.1 Å². The van der Waals surface area contributed by atoms with Crippen LogP contribution in [0.5, 0.6) is 0 Å². The van der Waals surface area contributed by atoms with Crippen LogP contribution in [0.1, 0.15) is 5.56 Å². The lowest BCUT2D eigenvalue weighted by Crippen LogP contribution is -2.37. The van der Waals surface area contributed by atoms with Crippen LogP contribution in [0.4, 0.5) is 22.9 Å². The largest absolute Gasteiger partial charge is 0.396 e. The molecule has 4 nitrogen and oxygen atoms in total. The number of nitrogens with zero attached hydrogens (tertiary/aromatic N) is 3. The molecule has 0 amide bonds. The highest BCUT2D eigenvalue weighted by Gasteiger charge is 2.23. The van der Waals surface area contributed by atoms with Gasteiger partial charge in [-0.25, -0.2) is 4.98 Å². The fourth-order valence-electron chi connectivity index (χ4n) is 2.50. The third kappa shape index (κ3) is 1.89. The number of anilines is 4. The number of pyridine rings is 1. The molecule has 4 heteroatoms. The van der Waals surface area contributed by atoms with Crippen LogP contribution in [0.2, 0.25) is 0 Å². The molecule has 0 saturated heterocycles. The monoisotopic (exact) mass is 254 g/mol. The van der Waals surface area contributed by atoms with Crippen molar-refractivity contribution < 1.29 is 0 Å². The second-order valence-corrected chi connectivity index (χ2v) is 4.93. The first-order valence-electron chi connectivity index (χ1n) is 6.47. The molecule has 0 spiro atoms. The molecule has 1 aliphatic heterocycles. The van der Waals surface area contributed by atoms with E-state index in [4.69, 9.17) is 5.73 Å². The quantitative estimate of drug-likeness (QED) is 0.849. The summed E-state index contributed by atoms with van der Waals surface area (Å²) < 4.78 is 0. The van der Waals surface area contributed by atoms with Crippen molar-refractivity contribution in [2.45, 2.75) is 6.92 Å². The highest BCUT2D eigenvalue weighted by molar-refractivity contribution is 5.82. The summed E-state index contributed by atoms with van der Waals surface area (Å²) in [4.78, 5) is 8.94. The summed E-state index contributed by atoms with van der Waals surface area (Å²) in [6.45, 7) is 3.88. The molecule has 0 saturated carbocycles. The van der Waals surface area contributed by atoms with E-state index in [0.717, 1.165) is 30.2 Å². The highest BCUT2D eigenvalue weighted by atomic mass is 15.3. The van der Waals surface area contributed by atoms with Gasteiger partial charge in [-0.3, -0.25) is 0 Å². The Balaban J connectivity index is 2.12. The minimum Gasteiger partial charge on any atom is -0.396 e. The second kappa shape index (κ2) is 4.46. The van der Waals surface area contributed by atoms with E-state index in [-0.39, 0.29) is 0 Å². The zero-order chi connectivity index (χ0) is 13.4. The smallest absolute Gasteiger partial charge is 0.156 e. The third-order valence-electron chi connectivity index (χ3n) is 3.69. The number of nitrogens with two attached hydrogens (primary N) is 1. The number of hydrogen-bond donors (Lipinski definition) is 1. The summed E-state index contributed by atoms with van der Waals surface area (Å²) in [6, 6.07) is 10.3. The molecule has 1 aliphatic rings. The van der Waals surface area contributed by atoms with Crippen molar-refractivity contribution in [3.63, 3.8) is 0 Å². The molecule has 3 rings (SSSR count). The molecule has 2 heterocycles. The SMILES string of the molecule is Cc1ccnc(N2CCN(C)c3ccccc32)c1N. The number of likely N-dealkylation sites (N-methyl/N-ethyl adjacent to an activating group) is 1. The molecule has 2 aromatic rings. The number of hydrogen-bond acceptors (Lipinski definition) is 4. The van der Waals surface area contributed by atoms with E-state index in [1.165, 1.54) is 11.4 Å². The fraction of sp³-hybridized carbons (Fsp3) is 0.267. The van der Waals surface area contributed by atoms with Gasteiger partial charge < -0.3 is 15.5 Å². The predicted octanol–water partition coefficient (Wildman–Crippen LogP) is 2.56. The van der Waals surface area contributed by atoms with Crippen LogP contribution in [-0.4, -0.2) is 25.1 Å². The van der Waals surface area contributed by atoms with Crippen LogP contribution in [0.3, 0.4) is 0 Å². The molecule has 0 bridgehead atoms. The molecular formula is C15H18N4. The lowest BCUT2D eigenvalue weighted by atomic mass is 10.1. The van der Waals surface area contributed by atoms with Crippen LogP contribution < -0.4 is 15.5 Å². The Kier molecular flexibility index (Phi) is 2.78. The Hall–Kier alpha value is -2.23. The summed E-state index contributed by atoms with van der Waals surface area (Å²) in [5.74, 6) is 0.862. The van der Waals surface area contributed by atoms with Gasteiger partial charge in [-0.15, -0.1) is 0 Å². The zero-order valence-corrected chi connectivity index (χ0v) is 11.3. The van der Waals surface area contributed by atoms with Gasteiger partial charge in [0.2, 0.25) is 0 Å². The Morgan fingerprint density at radius 2 is 1.84 bits per heavy atom. The molecule has 2 N–H and O–H groups in total. The molecule has 19 heavy (non-hydrogen) atoms. The van der Waals surface area contributed by atoms with Crippen LogP contribution >= 0.6 is 0 Å². The highest BCUT2D eigenvalue weighted by Crippen LogP contribution is 2.38. The lowest BCUT2D eigenvalue weighted by Gasteiger charge is -2.36. The van der Waals surface area contributed by atoms with E-state index >= 15 is 0 Å². The van der Waals surface area contributed by atoms with Crippen molar-refractivity contribution in [1.82, 2.24) is 4.98 Å². The van der Waals surface area contributed by atoms with E-state index in [0.29, 0.717) is 0 Å². The van der Waals surface area contributed by atoms with Crippen molar-refractivity contribution in [2.24, 2.45) is 0 Å². The maximum absolute atomic E-state index is 6.19. The summed E-state index contributed by atoms with van der Waals surface area (Å²) in [5, 5.41) is 0. The van der Waals surface area contributed by atoms with Gasteiger partial charge in [-0.2, -0.15) is 0 Å². The molecule has 1 aromatic carbocycles. The minimum atomic E-state index is 0.766. The number of fused-ring (bicyclic) bond motifs is 1. The molecule has 0 atom stereocenters. The van der Waals surface area contributed by atoms with E-state index in [2.05, 4.69) is 46.1 Å². The Morgan fingerprint density at radius 1 is 1.11 bits per heavy atom. The third-order valence-corrected chi connectivity index (χ3v) is 3.69. The van der Waals surface area contributed by atoms with Crippen molar-refractivity contribution in [3.8, 4) is 0 Å². The van der Waals surface area contributed by atoms with Gasteiger partial charge in [0.1, 0.15) is 0 Å². The van der Waals surface area contributed by atoms with Crippen LogP contribution in [0.15, 0.2) is 36.5 Å². The van der Waals surface area contributed by atoms with E-state index in [1.54, 1.807) is 0 Å². The number of para-hydroxylation sites is 2. The maximum Gasteiger partial charge on any atom is 0.156 e. The molecule has 0 aliphatic carbocycles. The minimum absolute atomic E-state index is 0.766. The lowest BCUT2D eigenvalue weighted by molar-refractivity contribution is 0.814. The van der Waals surface area contributed by atoms with Gasteiger partial charge in [-0.1, -0.05) is 12.1 Å². The number of rotatable bonds is 1. The topological polar surface area (TPSA) is 45.4 Å². The van der Waals surface area contributed by atoms with Gasteiger partial charge in [0.25, 0.3) is 0 Å². The Labute approximate surface area is 113 Å². The average molecular weight is 254 g/mol. The van der Waals surface area contributed by atoms with Crippen molar-refractivity contribution in [1.29, 1.82) is 0 Å². The summed E-state index contributed by atoms with van der Waals surface area (Å²) >= 11 is 0. The second-order valence-electron chi connectivity index (χ2n) is 4.93. The molecule has 0 radical (unpaired) electrons. The van der Waals surface area contributed by atoms with Crippen molar-refractivity contribution in [2.75, 3.05) is 35.7 Å². The van der Waals surface area contributed by atoms with Gasteiger partial charge in [0, 0.05) is 26.3 Å². The number of benzene rings is 1. The van der Waals surface area contributed by atoms with Crippen molar-refractivity contribution >= 4 is 22.9 Å². The van der Waals surface area contributed by atoms with E-state index in [9.17, 15) is 0 Å². The molecular weight excluding hydrogens is 236 g/mol. The Morgan fingerprint density at radius 3 is 2.63 bits per heavy atom. The first kappa shape index (κ1) is 11.8. The van der Waals surface area contributed by atoms with Crippen LogP contribution in [-0.2, 0) is 0 Å². The first-order chi connectivity index (χ1) is 9.18. The molecule has 98 valence electrons. The summed E-state index contributed by atoms with van der Waals surface area (Å²) in [5.41, 5.74) is 10.4. The maximum atomic E-state index is 6.19. The Bertz CT molecular complexity index is 609. The molecule has 0 fully saturated rings. The number of nitrogen functional groups attached to an aromatic ring is 1. The summed E-state index contributed by atoms with van der Waals surface area (Å²) in [7, 11) is 2.11. The van der Waals surface area contributed by atoms with Crippen LogP contribution in [0, 0.1) is 6.92 Å². The first-order valence-corrected chi connectivity index (χ1v) is 6.47. The van der Waals surface area contributed by atoms with E-state index < -0.39 is 0 Å². The van der Waals surface area contributed by atoms with Gasteiger partial charge in [0.15, 0.2) is 5.82 Å². The van der Waals surface area contributed by atoms with E-state index in [1.807, 2.05) is 19.2 Å². The van der Waals surface area contributed by atoms with Gasteiger partial charge in [-0.05, 0) is 30.7 Å². The molecule has 1 aromatic heterocycles. The molecule has 0 unspecified atom stereocenters. The number of aromatic nitrogens is 1. The standard InChI is InChI=1S/C15H18N4/c1-11-7-8-17-15(14(11)16)19-10-9-18(2)12-5-3-4-6-13(12)19/h3-8H,9-10,16H2,1-2H3. The van der Waals surface area contributed by atoms with Crippen LogP contribution in [0.25, 0.3) is 0 Å². The number of aryl methyl sites for hydroxylation is 1. The summed E-state index contributed by atoms with van der Waals surface area (Å²) in [6.07, 6.45) is 1.82.